The number of nitrogens with two attached hydrogens (primary N) is 1. The molecule has 3 aromatic carbocycles. The Morgan fingerprint density at radius 3 is 2.24 bits per heavy atom. The van der Waals surface area contributed by atoms with Gasteiger partial charge in [0.1, 0.15) is 17.9 Å². The molecule has 0 aliphatic heterocycles. The number of amidine groups is 1. The van der Waals surface area contributed by atoms with Crippen LogP contribution in [-0.4, -0.2) is 46.3 Å². The largest absolute Gasteiger partial charge is 0.478 e. The molecule has 0 aliphatic rings. The van der Waals surface area contributed by atoms with Gasteiger partial charge in [-0.3, -0.25) is 20.3 Å². The highest BCUT2D eigenvalue weighted by Gasteiger charge is 2.28. The summed E-state index contributed by atoms with van der Waals surface area (Å²) < 4.78 is 0. The molecule has 0 bridgehead atoms. The maximum Gasteiger partial charge on any atom is 0.335 e. The number of carboxylic acid groups (broad SMARTS) is 1. The summed E-state index contributed by atoms with van der Waals surface area (Å²) in [5.41, 5.74) is 9.79. The lowest BCUT2D eigenvalue weighted by Gasteiger charge is -2.26. The van der Waals surface area contributed by atoms with Crippen LogP contribution in [0.3, 0.4) is 0 Å². The maximum absolute atomic E-state index is 13.6. The van der Waals surface area contributed by atoms with Gasteiger partial charge in [-0.25, -0.2) is 4.79 Å². The molecule has 1 heterocycles. The second kappa shape index (κ2) is 13.6. The van der Waals surface area contributed by atoms with Crippen LogP contribution in [0.1, 0.15) is 52.5 Å². The van der Waals surface area contributed by atoms with Crippen LogP contribution >= 0.6 is 0 Å². The van der Waals surface area contributed by atoms with Gasteiger partial charge >= 0.3 is 5.97 Å². The summed E-state index contributed by atoms with van der Waals surface area (Å²) in [7, 11) is 0. The lowest BCUT2D eigenvalue weighted by molar-refractivity contribution is -0.131. The lowest BCUT2D eigenvalue weighted by atomic mass is 10.00. The van der Waals surface area contributed by atoms with E-state index in [4.69, 9.17) is 11.1 Å². The number of H-pyrrole nitrogens is 1. The Kier molecular flexibility index (Phi) is 9.72. The second-order valence-corrected chi connectivity index (χ2v) is 10.5. The van der Waals surface area contributed by atoms with E-state index in [1.54, 1.807) is 24.3 Å². The minimum Gasteiger partial charge on any atom is -0.478 e. The van der Waals surface area contributed by atoms with E-state index in [0.29, 0.717) is 30.6 Å². The summed E-state index contributed by atoms with van der Waals surface area (Å²) in [6.45, 7) is 4.45. The number of rotatable bonds is 13. The number of nitrogens with one attached hydrogen (secondary N) is 5. The molecule has 0 spiro atoms. The fourth-order valence-corrected chi connectivity index (χ4v) is 4.74. The Morgan fingerprint density at radius 2 is 1.60 bits per heavy atom. The van der Waals surface area contributed by atoms with E-state index in [2.05, 4.69) is 20.9 Å². The van der Waals surface area contributed by atoms with Crippen molar-refractivity contribution in [1.29, 1.82) is 5.41 Å². The summed E-state index contributed by atoms with van der Waals surface area (Å²) in [4.78, 5) is 41.4. The van der Waals surface area contributed by atoms with Crippen molar-refractivity contribution in [3.63, 3.8) is 0 Å². The molecule has 0 fully saturated rings. The molecule has 10 nitrogen and oxygen atoms in total. The molecular formula is C32H36N6O4. The first-order valence-corrected chi connectivity index (χ1v) is 13.8. The van der Waals surface area contributed by atoms with Crippen LogP contribution in [-0.2, 0) is 22.6 Å². The zero-order valence-corrected chi connectivity index (χ0v) is 23.6. The fraction of sp³-hybridized carbons (Fsp3) is 0.250. The van der Waals surface area contributed by atoms with Crippen molar-refractivity contribution < 1.29 is 19.5 Å². The van der Waals surface area contributed by atoms with E-state index in [1.165, 1.54) is 12.1 Å². The average Bonchev–Trinajstić information content (AvgIpc) is 3.39. The minimum atomic E-state index is -1.06. The smallest absolute Gasteiger partial charge is 0.335 e. The Labute approximate surface area is 244 Å². The van der Waals surface area contributed by atoms with Crippen LogP contribution in [0.2, 0.25) is 0 Å². The number of carbonyl (C=O) groups excluding carboxylic acids is 2. The molecule has 4 rings (SSSR count). The van der Waals surface area contributed by atoms with E-state index in [0.717, 1.165) is 22.0 Å². The number of fused-ring (bicyclic) bond motifs is 1. The molecule has 0 aliphatic carbocycles. The molecule has 2 atom stereocenters. The molecule has 0 saturated heterocycles. The zero-order valence-electron chi connectivity index (χ0n) is 23.6. The third-order valence-electron chi connectivity index (χ3n) is 7.14. The number of benzene rings is 3. The molecule has 2 amide bonds. The first kappa shape index (κ1) is 30.0. The molecule has 42 heavy (non-hydrogen) atoms. The van der Waals surface area contributed by atoms with Crippen LogP contribution < -0.4 is 21.7 Å². The van der Waals surface area contributed by atoms with E-state index >= 15 is 0 Å². The van der Waals surface area contributed by atoms with E-state index in [9.17, 15) is 19.5 Å². The van der Waals surface area contributed by atoms with Gasteiger partial charge in [0.2, 0.25) is 11.8 Å². The third-order valence-corrected chi connectivity index (χ3v) is 7.14. The molecular weight excluding hydrogens is 532 g/mol. The SMILES string of the molecule is CC(C)C(NC(=O)C(NCc1ccc(C(=N)N)cc1)c1ccc(C(=O)O)cc1)C(=O)NCCc1c[nH]c2ccccc12. The lowest BCUT2D eigenvalue weighted by Crippen LogP contribution is -2.52. The van der Waals surface area contributed by atoms with Gasteiger partial charge in [0, 0.05) is 35.8 Å². The summed E-state index contributed by atoms with van der Waals surface area (Å²) in [6, 6.07) is 19.5. The van der Waals surface area contributed by atoms with E-state index in [1.807, 2.05) is 56.4 Å². The van der Waals surface area contributed by atoms with Crippen LogP contribution in [0.5, 0.6) is 0 Å². The van der Waals surface area contributed by atoms with Gasteiger partial charge in [0.05, 0.1) is 5.56 Å². The van der Waals surface area contributed by atoms with Crippen LogP contribution in [0.15, 0.2) is 79.0 Å². The number of hydrogen-bond donors (Lipinski definition) is 7. The number of hydrogen-bond acceptors (Lipinski definition) is 5. The van der Waals surface area contributed by atoms with Gasteiger partial charge in [0.15, 0.2) is 0 Å². The van der Waals surface area contributed by atoms with Crippen molar-refractivity contribution in [2.24, 2.45) is 11.7 Å². The standard InChI is InChI=1S/C32H36N6O4/c1-19(2)27(30(39)35-16-15-24-18-36-26-6-4-3-5-25(24)26)38-31(40)28(21-11-13-23(14-12-21)32(41)42)37-17-20-7-9-22(10-8-20)29(33)34/h3-14,18-19,27-28,36-37H,15-17H2,1-2H3,(H3,33,34)(H,35,39)(H,38,40)(H,41,42). The molecule has 4 aromatic rings. The van der Waals surface area contributed by atoms with Crippen molar-refractivity contribution >= 4 is 34.5 Å². The molecule has 0 radical (unpaired) electrons. The highest BCUT2D eigenvalue weighted by Crippen LogP contribution is 2.19. The molecule has 1 aromatic heterocycles. The van der Waals surface area contributed by atoms with Crippen molar-refractivity contribution in [1.82, 2.24) is 20.9 Å². The maximum atomic E-state index is 13.6. The number of para-hydroxylation sites is 1. The monoisotopic (exact) mass is 568 g/mol. The number of aromatic amines is 1. The van der Waals surface area contributed by atoms with Crippen molar-refractivity contribution in [3.8, 4) is 0 Å². The highest BCUT2D eigenvalue weighted by atomic mass is 16.4. The van der Waals surface area contributed by atoms with E-state index in [-0.39, 0.29) is 23.2 Å². The minimum absolute atomic E-state index is 0.0373. The number of nitrogen functional groups attached to an aromatic ring is 1. The number of aromatic carboxylic acids is 1. The molecule has 8 N–H and O–H groups in total. The van der Waals surface area contributed by atoms with Crippen LogP contribution in [0.25, 0.3) is 10.9 Å². The number of carbonyl (C=O) groups is 3. The van der Waals surface area contributed by atoms with Gasteiger partial charge in [-0.1, -0.05) is 68.4 Å². The average molecular weight is 569 g/mol. The molecule has 10 heteroatoms. The van der Waals surface area contributed by atoms with Gasteiger partial charge in [-0.2, -0.15) is 0 Å². The summed E-state index contributed by atoms with van der Waals surface area (Å²) in [6.07, 6.45) is 2.58. The summed E-state index contributed by atoms with van der Waals surface area (Å²) >= 11 is 0. The molecule has 2 unspecified atom stereocenters. The number of carboxylic acids is 1. The topological polar surface area (TPSA) is 173 Å². The van der Waals surface area contributed by atoms with E-state index < -0.39 is 24.0 Å². The Hall–Kier alpha value is -4.96. The molecule has 218 valence electrons. The first-order valence-electron chi connectivity index (χ1n) is 13.8. The predicted octanol–water partition coefficient (Wildman–Crippen LogP) is 3.48. The Bertz CT molecular complexity index is 1560. The van der Waals surface area contributed by atoms with Crippen LogP contribution in [0, 0.1) is 11.3 Å². The summed E-state index contributed by atoms with van der Waals surface area (Å²) in [5, 5.41) is 27.1. The van der Waals surface area contributed by atoms with Crippen molar-refractivity contribution in [2.75, 3.05) is 6.54 Å². The fourth-order valence-electron chi connectivity index (χ4n) is 4.74. The molecule has 0 saturated carbocycles. The first-order chi connectivity index (χ1) is 20.1. The van der Waals surface area contributed by atoms with Crippen molar-refractivity contribution in [2.45, 2.75) is 38.9 Å². The van der Waals surface area contributed by atoms with Crippen molar-refractivity contribution in [3.05, 3.63) is 107 Å². The summed E-state index contributed by atoms with van der Waals surface area (Å²) in [5.74, 6) is -1.98. The number of aromatic nitrogens is 1. The van der Waals surface area contributed by atoms with Gasteiger partial charge in [0.25, 0.3) is 0 Å². The Morgan fingerprint density at radius 1 is 0.929 bits per heavy atom. The van der Waals surface area contributed by atoms with Gasteiger partial charge < -0.3 is 26.5 Å². The number of amides is 2. The van der Waals surface area contributed by atoms with Gasteiger partial charge in [-0.05, 0) is 47.2 Å². The zero-order chi connectivity index (χ0) is 30.2. The second-order valence-electron chi connectivity index (χ2n) is 10.5. The quantitative estimate of drug-likeness (QED) is 0.0960. The van der Waals surface area contributed by atoms with Gasteiger partial charge in [-0.15, -0.1) is 0 Å². The highest BCUT2D eigenvalue weighted by molar-refractivity contribution is 5.95. The third kappa shape index (κ3) is 7.41. The predicted molar refractivity (Wildman–Crippen MR) is 162 cm³/mol. The normalized spacial score (nSPS) is 12.5. The van der Waals surface area contributed by atoms with Crippen LogP contribution in [0.4, 0.5) is 0 Å². The Balaban J connectivity index is 1.45.